The van der Waals surface area contributed by atoms with Gasteiger partial charge in [-0.3, -0.25) is 4.79 Å². The van der Waals surface area contributed by atoms with Gasteiger partial charge in [-0.15, -0.1) is 0 Å². The maximum atomic E-state index is 13.0. The third kappa shape index (κ3) is 4.07. The average Bonchev–Trinajstić information content (AvgIpc) is 2.33. The van der Waals surface area contributed by atoms with Gasteiger partial charge >= 0.3 is 11.9 Å². The highest BCUT2D eigenvalue weighted by Crippen LogP contribution is 2.14. The zero-order chi connectivity index (χ0) is 14.4. The lowest BCUT2D eigenvalue weighted by atomic mass is 10.1. The molecule has 0 heterocycles. The Morgan fingerprint density at radius 2 is 1.95 bits per heavy atom. The quantitative estimate of drug-likeness (QED) is 0.672. The second-order valence-corrected chi connectivity index (χ2v) is 3.40. The summed E-state index contributed by atoms with van der Waals surface area (Å²) in [5, 5.41) is 8.83. The molecular formula is C13H10F2O4. The minimum atomic E-state index is -1.43. The van der Waals surface area contributed by atoms with Crippen molar-refractivity contribution in [2.24, 2.45) is 0 Å². The van der Waals surface area contributed by atoms with E-state index in [1.165, 1.54) is 0 Å². The summed E-state index contributed by atoms with van der Waals surface area (Å²) in [6.07, 6.45) is -0.258. The van der Waals surface area contributed by atoms with E-state index in [0.29, 0.717) is 12.1 Å². The molecule has 0 atom stereocenters. The minimum Gasteiger partial charge on any atom is -0.478 e. The fraction of sp³-hybridized carbons (Fsp3) is 0.231. The molecular weight excluding hydrogens is 258 g/mol. The lowest BCUT2D eigenvalue weighted by molar-refractivity contribution is -0.141. The maximum Gasteiger partial charge on any atom is 0.337 e. The summed E-state index contributed by atoms with van der Waals surface area (Å²) in [4.78, 5) is 21.8. The van der Waals surface area contributed by atoms with Gasteiger partial charge in [0.25, 0.3) is 0 Å². The Balaban J connectivity index is 3.00. The molecule has 1 N–H and O–H groups in total. The van der Waals surface area contributed by atoms with E-state index < -0.39 is 29.1 Å². The van der Waals surface area contributed by atoms with E-state index >= 15 is 0 Å². The molecule has 0 fully saturated rings. The van der Waals surface area contributed by atoms with Crippen molar-refractivity contribution in [1.82, 2.24) is 0 Å². The lowest BCUT2D eigenvalue weighted by Gasteiger charge is -2.00. The van der Waals surface area contributed by atoms with Crippen LogP contribution in [0.15, 0.2) is 12.1 Å². The smallest absolute Gasteiger partial charge is 0.337 e. The van der Waals surface area contributed by atoms with Gasteiger partial charge in [-0.1, -0.05) is 11.8 Å². The van der Waals surface area contributed by atoms with Crippen LogP contribution < -0.4 is 0 Å². The van der Waals surface area contributed by atoms with Gasteiger partial charge in [0.1, 0.15) is 6.42 Å². The van der Waals surface area contributed by atoms with Crippen molar-refractivity contribution in [1.29, 1.82) is 0 Å². The lowest BCUT2D eigenvalue weighted by Crippen LogP contribution is -2.04. The molecule has 1 aromatic rings. The van der Waals surface area contributed by atoms with Crippen molar-refractivity contribution >= 4 is 11.9 Å². The second kappa shape index (κ2) is 6.50. The van der Waals surface area contributed by atoms with Crippen LogP contribution in [0.4, 0.5) is 8.78 Å². The third-order valence-corrected chi connectivity index (χ3v) is 2.05. The first-order valence-electron chi connectivity index (χ1n) is 5.32. The molecule has 0 spiro atoms. The zero-order valence-corrected chi connectivity index (χ0v) is 10.00. The summed E-state index contributed by atoms with van der Waals surface area (Å²) in [5.41, 5.74) is -0.661. The van der Waals surface area contributed by atoms with Gasteiger partial charge in [-0.05, 0) is 19.1 Å². The molecule has 0 aromatic heterocycles. The molecule has 0 bridgehead atoms. The number of carbonyl (C=O) groups excluding carboxylic acids is 1. The number of ether oxygens (including phenoxy) is 1. The number of benzene rings is 1. The zero-order valence-electron chi connectivity index (χ0n) is 10.00. The number of hydrogen-bond donors (Lipinski definition) is 1. The van der Waals surface area contributed by atoms with E-state index in [4.69, 9.17) is 5.11 Å². The number of rotatable bonds is 3. The third-order valence-electron chi connectivity index (χ3n) is 2.05. The van der Waals surface area contributed by atoms with Crippen molar-refractivity contribution in [2.45, 2.75) is 13.3 Å². The predicted molar refractivity (Wildman–Crippen MR) is 61.4 cm³/mol. The van der Waals surface area contributed by atoms with Crippen LogP contribution in [0.1, 0.15) is 29.3 Å². The van der Waals surface area contributed by atoms with Gasteiger partial charge in [0.05, 0.1) is 12.2 Å². The van der Waals surface area contributed by atoms with Crippen LogP contribution in [-0.2, 0) is 9.53 Å². The molecule has 6 heteroatoms. The Hall–Kier alpha value is -2.42. The van der Waals surface area contributed by atoms with E-state index in [9.17, 15) is 18.4 Å². The monoisotopic (exact) mass is 268 g/mol. The Labute approximate surface area is 108 Å². The topological polar surface area (TPSA) is 63.6 Å². The number of carbonyl (C=O) groups is 2. The van der Waals surface area contributed by atoms with Crippen LogP contribution in [0.25, 0.3) is 0 Å². The summed E-state index contributed by atoms with van der Waals surface area (Å²) in [6, 6.07) is 1.23. The van der Waals surface area contributed by atoms with Gasteiger partial charge in [0.2, 0.25) is 0 Å². The SMILES string of the molecule is CCOC(=O)CC#Cc1cc(F)c(F)cc1C(=O)O. The number of esters is 1. The number of carboxylic acids is 1. The van der Waals surface area contributed by atoms with Crippen molar-refractivity contribution in [3.05, 3.63) is 34.9 Å². The Morgan fingerprint density at radius 3 is 2.53 bits per heavy atom. The molecule has 0 saturated carbocycles. The molecule has 0 radical (unpaired) electrons. The van der Waals surface area contributed by atoms with Crippen molar-refractivity contribution < 1.29 is 28.2 Å². The van der Waals surface area contributed by atoms with E-state index in [1.54, 1.807) is 6.92 Å². The molecule has 0 saturated heterocycles. The molecule has 0 amide bonds. The van der Waals surface area contributed by atoms with Crippen LogP contribution in [0.2, 0.25) is 0 Å². The van der Waals surface area contributed by atoms with Crippen LogP contribution in [-0.4, -0.2) is 23.7 Å². The molecule has 100 valence electrons. The van der Waals surface area contributed by atoms with Crippen LogP contribution in [0.3, 0.4) is 0 Å². The van der Waals surface area contributed by atoms with Gasteiger partial charge in [-0.25, -0.2) is 13.6 Å². The largest absolute Gasteiger partial charge is 0.478 e. The van der Waals surface area contributed by atoms with Crippen molar-refractivity contribution in [3.63, 3.8) is 0 Å². The Kier molecular flexibility index (Phi) is 5.01. The first kappa shape index (κ1) is 14.6. The molecule has 0 unspecified atom stereocenters. The van der Waals surface area contributed by atoms with Crippen LogP contribution in [0.5, 0.6) is 0 Å². The normalized spacial score (nSPS) is 9.42. The summed E-state index contributed by atoms with van der Waals surface area (Å²) in [6.45, 7) is 1.83. The molecule has 1 aromatic carbocycles. The van der Waals surface area contributed by atoms with Crippen LogP contribution in [0, 0.1) is 23.5 Å². The second-order valence-electron chi connectivity index (χ2n) is 3.40. The van der Waals surface area contributed by atoms with Crippen molar-refractivity contribution in [2.75, 3.05) is 6.61 Å². The molecule has 0 aliphatic carbocycles. The molecule has 19 heavy (non-hydrogen) atoms. The molecule has 0 aliphatic heterocycles. The van der Waals surface area contributed by atoms with Crippen LogP contribution >= 0.6 is 0 Å². The number of carboxylic acid groups (broad SMARTS) is 1. The summed E-state index contributed by atoms with van der Waals surface area (Å²) < 4.78 is 30.5. The molecule has 1 rings (SSSR count). The standard InChI is InChI=1S/C13H10F2O4/c1-2-19-12(16)5-3-4-8-6-10(14)11(15)7-9(8)13(17)18/h6-7H,2,5H2,1H3,(H,17,18). The average molecular weight is 268 g/mol. The maximum absolute atomic E-state index is 13.0. The van der Waals surface area contributed by atoms with E-state index in [0.717, 1.165) is 0 Å². The van der Waals surface area contributed by atoms with Gasteiger partial charge in [-0.2, -0.15) is 0 Å². The summed E-state index contributed by atoms with van der Waals surface area (Å²) >= 11 is 0. The highest BCUT2D eigenvalue weighted by Gasteiger charge is 2.13. The van der Waals surface area contributed by atoms with E-state index in [2.05, 4.69) is 16.6 Å². The molecule has 0 aliphatic rings. The highest BCUT2D eigenvalue weighted by atomic mass is 19.2. The Morgan fingerprint density at radius 1 is 1.32 bits per heavy atom. The predicted octanol–water partition coefficient (Wildman–Crippen LogP) is 1.97. The first-order valence-corrected chi connectivity index (χ1v) is 5.32. The summed E-state index contributed by atoms with van der Waals surface area (Å²) in [7, 11) is 0. The van der Waals surface area contributed by atoms with Gasteiger partial charge in [0.15, 0.2) is 11.6 Å². The Bertz CT molecular complexity index is 570. The number of halogens is 2. The number of hydrogen-bond acceptors (Lipinski definition) is 3. The number of aromatic carboxylic acids is 1. The van der Waals surface area contributed by atoms with E-state index in [1.807, 2.05) is 0 Å². The van der Waals surface area contributed by atoms with Crippen molar-refractivity contribution in [3.8, 4) is 11.8 Å². The molecule has 4 nitrogen and oxygen atoms in total. The van der Waals surface area contributed by atoms with Gasteiger partial charge in [0, 0.05) is 5.56 Å². The fourth-order valence-electron chi connectivity index (χ4n) is 1.25. The fourth-order valence-corrected chi connectivity index (χ4v) is 1.25. The van der Waals surface area contributed by atoms with Gasteiger partial charge < -0.3 is 9.84 Å². The first-order chi connectivity index (χ1) is 8.95. The van der Waals surface area contributed by atoms with E-state index in [-0.39, 0.29) is 18.6 Å². The summed E-state index contributed by atoms with van der Waals surface area (Å²) in [5.74, 6) is 0.186. The minimum absolute atomic E-state index is 0.198. The highest BCUT2D eigenvalue weighted by molar-refractivity contribution is 5.90.